The van der Waals surface area contributed by atoms with Crippen LogP contribution >= 0.6 is 10.2 Å². The van der Waals surface area contributed by atoms with E-state index in [4.69, 9.17) is 5.11 Å². The third-order valence-corrected chi connectivity index (χ3v) is 7.54. The average molecular weight is 455 g/mol. The van der Waals surface area contributed by atoms with Crippen LogP contribution < -0.4 is 15.1 Å². The number of anilines is 1. The van der Waals surface area contributed by atoms with E-state index >= 15 is 0 Å². The minimum atomic E-state index is -1.10. The number of benzene rings is 2. The second-order valence-corrected chi connectivity index (χ2v) is 9.61. The normalized spacial score (nSPS) is 11.5. The summed E-state index contributed by atoms with van der Waals surface area (Å²) in [5.41, 5.74) is 0.952. The third-order valence-electron chi connectivity index (χ3n) is 3.29. The first kappa shape index (κ1) is 21.0. The molecule has 1 atom stereocenters. The van der Waals surface area contributed by atoms with Gasteiger partial charge in [0.1, 0.15) is 0 Å². The molecule has 2 aromatic carbocycles. The summed E-state index contributed by atoms with van der Waals surface area (Å²) in [7, 11) is 1.36. The van der Waals surface area contributed by atoms with Crippen molar-refractivity contribution in [2.45, 2.75) is 13.0 Å². The van der Waals surface area contributed by atoms with Gasteiger partial charge in [0.2, 0.25) is 0 Å². The molecule has 0 aliphatic rings. The molecule has 0 saturated heterocycles. The number of rotatable bonds is 8. The maximum absolute atomic E-state index is 13.0. The van der Waals surface area contributed by atoms with Gasteiger partial charge in [-0.2, -0.15) is 0 Å². The van der Waals surface area contributed by atoms with E-state index in [2.05, 4.69) is 10.6 Å². The van der Waals surface area contributed by atoms with Crippen LogP contribution in [0.3, 0.4) is 0 Å². The molecule has 0 aliphatic carbocycles. The Balaban J connectivity index is 2.02. The summed E-state index contributed by atoms with van der Waals surface area (Å²) in [4.78, 5) is 34.8. The van der Waals surface area contributed by atoms with Crippen molar-refractivity contribution in [3.8, 4) is 0 Å². The van der Waals surface area contributed by atoms with Gasteiger partial charge in [-0.15, -0.1) is 0 Å². The molecule has 0 fully saturated rings. The molecule has 2 amide bonds. The van der Waals surface area contributed by atoms with Crippen LogP contribution in [0.1, 0.15) is 17.3 Å². The van der Waals surface area contributed by atoms with Crippen LogP contribution in [-0.4, -0.2) is 48.5 Å². The Labute approximate surface area is 165 Å². The third kappa shape index (κ3) is 6.71. The van der Waals surface area contributed by atoms with Gasteiger partial charge in [0.05, 0.1) is 0 Å². The van der Waals surface area contributed by atoms with E-state index in [9.17, 15) is 18.8 Å². The van der Waals surface area contributed by atoms with Gasteiger partial charge in [-0.25, -0.2) is 0 Å². The van der Waals surface area contributed by atoms with Crippen molar-refractivity contribution in [3.63, 3.8) is 0 Å². The van der Waals surface area contributed by atoms with Gasteiger partial charge < -0.3 is 0 Å². The molecule has 0 heterocycles. The summed E-state index contributed by atoms with van der Waals surface area (Å²) in [6, 6.07) is 11.5. The Hall–Kier alpha value is -2.35. The van der Waals surface area contributed by atoms with Gasteiger partial charge in [0, 0.05) is 0 Å². The molecular weight excluding hydrogens is 438 g/mol. The van der Waals surface area contributed by atoms with E-state index in [1.165, 1.54) is 41.4 Å². The number of hydrogen-bond donors (Lipinski definition) is 3. The van der Waals surface area contributed by atoms with Gasteiger partial charge in [-0.3, -0.25) is 0 Å². The first-order chi connectivity index (χ1) is 12.9. The number of halogens is 1. The second-order valence-electron chi connectivity index (χ2n) is 5.42. The number of amides is 2. The number of carboxylic acids is 1. The SMILES string of the molecule is CC(=O)N[C@@H](CS[Se]c1ccccc1C(=O)Nc1ccc(F)cc1)C(=O)O. The number of carbonyl (C=O) groups is 3. The van der Waals surface area contributed by atoms with E-state index in [-0.39, 0.29) is 31.3 Å². The molecule has 2 rings (SSSR count). The molecule has 0 aromatic heterocycles. The van der Waals surface area contributed by atoms with Crippen LogP contribution in [0.15, 0.2) is 48.5 Å². The molecule has 9 heteroatoms. The summed E-state index contributed by atoms with van der Waals surface area (Å²) in [5.74, 6) is -2.02. The molecule has 0 spiro atoms. The van der Waals surface area contributed by atoms with E-state index in [1.54, 1.807) is 24.3 Å². The van der Waals surface area contributed by atoms with Gasteiger partial charge in [-0.1, -0.05) is 0 Å². The first-order valence-electron chi connectivity index (χ1n) is 7.82. The fraction of sp³-hybridized carbons (Fsp3) is 0.167. The molecule has 142 valence electrons. The summed E-state index contributed by atoms with van der Waals surface area (Å²) in [5, 5.41) is 14.2. The molecule has 27 heavy (non-hydrogen) atoms. The molecule has 3 N–H and O–H groups in total. The summed E-state index contributed by atoms with van der Waals surface area (Å²) >= 11 is -0.233. The summed E-state index contributed by atoms with van der Waals surface area (Å²) < 4.78 is 13.8. The molecule has 0 aliphatic heterocycles. The number of aliphatic carboxylic acids is 1. The standard InChI is InChI=1S/C18H17FN2O4SSe/c1-11(22)20-15(18(24)25)10-26-27-16-5-3-2-4-14(16)17(23)21-13-8-6-12(19)7-9-13/h2-9,15H,10H2,1H3,(H,20,22)(H,21,23)(H,24,25)/t15-/m0/s1. The fourth-order valence-corrected chi connectivity index (χ4v) is 6.25. The number of hydrogen-bond acceptors (Lipinski definition) is 4. The second kappa shape index (κ2) is 10.1. The monoisotopic (exact) mass is 456 g/mol. The average Bonchev–Trinajstić information content (AvgIpc) is 2.62. The van der Waals surface area contributed by atoms with E-state index in [0.717, 1.165) is 4.46 Å². The zero-order valence-corrected chi connectivity index (χ0v) is 16.8. The molecular formula is C18H17FN2O4SSe. The molecule has 2 aromatic rings. The van der Waals surface area contributed by atoms with Gasteiger partial charge in [0.15, 0.2) is 0 Å². The fourth-order valence-electron chi connectivity index (χ4n) is 2.04. The zero-order chi connectivity index (χ0) is 19.8. The van der Waals surface area contributed by atoms with Gasteiger partial charge >= 0.3 is 165 Å². The Bertz CT molecular complexity index is 832. The van der Waals surface area contributed by atoms with Crippen molar-refractivity contribution in [1.82, 2.24) is 5.32 Å². The zero-order valence-electron chi connectivity index (χ0n) is 14.3. The van der Waals surface area contributed by atoms with E-state index in [0.29, 0.717) is 11.3 Å². The van der Waals surface area contributed by atoms with Crippen LogP contribution in [0.4, 0.5) is 10.1 Å². The molecule has 0 unspecified atom stereocenters. The van der Waals surface area contributed by atoms with E-state index in [1.807, 2.05) is 0 Å². The van der Waals surface area contributed by atoms with E-state index < -0.39 is 17.9 Å². The Kier molecular flexibility index (Phi) is 7.84. The number of carboxylic acid groups (broad SMARTS) is 1. The predicted octanol–water partition coefficient (Wildman–Crippen LogP) is 1.64. The molecule has 6 nitrogen and oxygen atoms in total. The van der Waals surface area contributed by atoms with Crippen LogP contribution in [0, 0.1) is 5.82 Å². The minimum absolute atomic E-state index is 0.197. The molecule has 0 saturated carbocycles. The molecule has 0 bridgehead atoms. The van der Waals surface area contributed by atoms with Crippen LogP contribution in [0.5, 0.6) is 0 Å². The van der Waals surface area contributed by atoms with Crippen molar-refractivity contribution in [2.24, 2.45) is 0 Å². The summed E-state index contributed by atoms with van der Waals surface area (Å²) in [6.45, 7) is 1.26. The summed E-state index contributed by atoms with van der Waals surface area (Å²) in [6.07, 6.45) is 0. The van der Waals surface area contributed by atoms with Crippen LogP contribution in [-0.2, 0) is 9.59 Å². The number of carbonyl (C=O) groups excluding carboxylic acids is 2. The van der Waals surface area contributed by atoms with Crippen molar-refractivity contribution >= 4 is 51.9 Å². The first-order valence-corrected chi connectivity index (χ1v) is 11.7. The van der Waals surface area contributed by atoms with Crippen molar-refractivity contribution in [3.05, 3.63) is 59.9 Å². The van der Waals surface area contributed by atoms with Crippen molar-refractivity contribution in [2.75, 3.05) is 11.1 Å². The van der Waals surface area contributed by atoms with Crippen LogP contribution in [0.25, 0.3) is 0 Å². The van der Waals surface area contributed by atoms with Crippen molar-refractivity contribution in [1.29, 1.82) is 0 Å². The Morgan fingerprint density at radius 2 is 1.81 bits per heavy atom. The Morgan fingerprint density at radius 3 is 2.44 bits per heavy atom. The predicted molar refractivity (Wildman–Crippen MR) is 104 cm³/mol. The van der Waals surface area contributed by atoms with Gasteiger partial charge in [0.25, 0.3) is 0 Å². The molecule has 0 radical (unpaired) electrons. The topological polar surface area (TPSA) is 95.5 Å². The van der Waals surface area contributed by atoms with Gasteiger partial charge in [-0.05, 0) is 0 Å². The van der Waals surface area contributed by atoms with Crippen LogP contribution in [0.2, 0.25) is 0 Å². The van der Waals surface area contributed by atoms with Crippen molar-refractivity contribution < 1.29 is 23.9 Å². The maximum atomic E-state index is 13.0. The number of nitrogens with one attached hydrogen (secondary N) is 2. The quantitative estimate of drug-likeness (QED) is 0.527. The Morgan fingerprint density at radius 1 is 1.15 bits per heavy atom.